The molecule has 1 atom stereocenters. The third kappa shape index (κ3) is 5.48. The van der Waals surface area contributed by atoms with E-state index in [0.29, 0.717) is 6.42 Å². The SMILES string of the molecule is CC1(C)CC(CCSC(F)(F)F)=CC(Cl)C1. The van der Waals surface area contributed by atoms with E-state index in [1.165, 1.54) is 0 Å². The highest BCUT2D eigenvalue weighted by Crippen LogP contribution is 2.39. The van der Waals surface area contributed by atoms with Crippen molar-refractivity contribution in [2.75, 3.05) is 5.75 Å². The molecule has 0 amide bonds. The molecule has 0 heterocycles. The van der Waals surface area contributed by atoms with E-state index >= 15 is 0 Å². The maximum absolute atomic E-state index is 12.0. The van der Waals surface area contributed by atoms with E-state index in [0.717, 1.165) is 18.4 Å². The Balaban J connectivity index is 2.43. The van der Waals surface area contributed by atoms with Gasteiger partial charge in [0.05, 0.1) is 5.38 Å². The van der Waals surface area contributed by atoms with Gasteiger partial charge >= 0.3 is 5.51 Å². The quantitative estimate of drug-likeness (QED) is 0.516. The Morgan fingerprint density at radius 2 is 2.12 bits per heavy atom. The maximum atomic E-state index is 12.0. The van der Waals surface area contributed by atoms with Gasteiger partial charge in [-0.3, -0.25) is 0 Å². The summed E-state index contributed by atoms with van der Waals surface area (Å²) in [6, 6.07) is 0. The Labute approximate surface area is 104 Å². The minimum absolute atomic E-state index is 0.0327. The van der Waals surface area contributed by atoms with Gasteiger partial charge < -0.3 is 0 Å². The van der Waals surface area contributed by atoms with Crippen LogP contribution in [-0.4, -0.2) is 16.6 Å². The van der Waals surface area contributed by atoms with Gasteiger partial charge in [0.2, 0.25) is 0 Å². The van der Waals surface area contributed by atoms with E-state index in [-0.39, 0.29) is 28.3 Å². The van der Waals surface area contributed by atoms with Crippen LogP contribution in [0, 0.1) is 5.41 Å². The molecule has 0 aromatic rings. The van der Waals surface area contributed by atoms with Crippen LogP contribution in [0.4, 0.5) is 13.2 Å². The van der Waals surface area contributed by atoms with Crippen LogP contribution < -0.4 is 0 Å². The first-order chi connectivity index (χ1) is 7.18. The monoisotopic (exact) mass is 272 g/mol. The molecule has 5 heteroatoms. The maximum Gasteiger partial charge on any atom is 0.441 e. The van der Waals surface area contributed by atoms with Gasteiger partial charge in [-0.25, -0.2) is 0 Å². The Bertz CT molecular complexity index is 271. The molecule has 0 saturated carbocycles. The summed E-state index contributed by atoms with van der Waals surface area (Å²) < 4.78 is 35.9. The molecule has 1 rings (SSSR count). The third-order valence-electron chi connectivity index (χ3n) is 2.56. The average molecular weight is 273 g/mol. The molecule has 0 nitrogen and oxygen atoms in total. The van der Waals surface area contributed by atoms with Gasteiger partial charge in [0, 0.05) is 5.75 Å². The molecule has 0 aromatic carbocycles. The number of hydrogen-bond donors (Lipinski definition) is 0. The van der Waals surface area contributed by atoms with E-state index in [2.05, 4.69) is 13.8 Å². The van der Waals surface area contributed by atoms with Gasteiger partial charge in [0.25, 0.3) is 0 Å². The molecule has 0 bridgehead atoms. The van der Waals surface area contributed by atoms with Crippen LogP contribution in [-0.2, 0) is 0 Å². The van der Waals surface area contributed by atoms with Crippen LogP contribution in [0.5, 0.6) is 0 Å². The second-order valence-corrected chi connectivity index (χ2v) is 6.65. The molecule has 1 unspecified atom stereocenters. The normalized spacial score (nSPS) is 25.4. The number of allylic oxidation sites excluding steroid dienone is 2. The first-order valence-corrected chi connectivity index (χ1v) is 6.64. The molecule has 1 aliphatic rings. The highest BCUT2D eigenvalue weighted by molar-refractivity contribution is 8.00. The molecule has 0 saturated heterocycles. The summed E-state index contributed by atoms with van der Waals surface area (Å²) in [6.45, 7) is 4.21. The molecule has 0 spiro atoms. The summed E-state index contributed by atoms with van der Waals surface area (Å²) in [7, 11) is 0. The van der Waals surface area contributed by atoms with Crippen molar-refractivity contribution < 1.29 is 13.2 Å². The van der Waals surface area contributed by atoms with Crippen molar-refractivity contribution in [3.8, 4) is 0 Å². The highest BCUT2D eigenvalue weighted by Gasteiger charge is 2.30. The molecule has 16 heavy (non-hydrogen) atoms. The Morgan fingerprint density at radius 1 is 1.50 bits per heavy atom. The molecule has 0 radical (unpaired) electrons. The smallest absolute Gasteiger partial charge is 0.160 e. The summed E-state index contributed by atoms with van der Waals surface area (Å²) >= 11 is 6.10. The lowest BCUT2D eigenvalue weighted by Crippen LogP contribution is -2.22. The topological polar surface area (TPSA) is 0 Å². The van der Waals surface area contributed by atoms with E-state index in [4.69, 9.17) is 11.6 Å². The minimum atomic E-state index is -4.12. The number of halogens is 4. The van der Waals surface area contributed by atoms with Gasteiger partial charge in [0.15, 0.2) is 0 Å². The zero-order valence-electron chi connectivity index (χ0n) is 9.40. The fourth-order valence-electron chi connectivity index (χ4n) is 2.06. The highest BCUT2D eigenvalue weighted by atomic mass is 35.5. The number of rotatable bonds is 3. The molecule has 0 aliphatic heterocycles. The molecule has 0 N–H and O–H groups in total. The van der Waals surface area contributed by atoms with Crippen molar-refractivity contribution in [1.29, 1.82) is 0 Å². The first-order valence-electron chi connectivity index (χ1n) is 5.22. The van der Waals surface area contributed by atoms with Crippen molar-refractivity contribution in [2.45, 2.75) is 44.0 Å². The van der Waals surface area contributed by atoms with Crippen LogP contribution in [0.3, 0.4) is 0 Å². The summed E-state index contributed by atoms with van der Waals surface area (Å²) in [5, 5.41) is -0.0327. The summed E-state index contributed by atoms with van der Waals surface area (Å²) in [4.78, 5) is 0. The second-order valence-electron chi connectivity index (χ2n) is 4.93. The van der Waals surface area contributed by atoms with E-state index in [1.54, 1.807) is 0 Å². The fourth-order valence-corrected chi connectivity index (χ4v) is 3.25. The van der Waals surface area contributed by atoms with Gasteiger partial charge in [-0.1, -0.05) is 37.3 Å². The van der Waals surface area contributed by atoms with Crippen LogP contribution in [0.25, 0.3) is 0 Å². The zero-order valence-corrected chi connectivity index (χ0v) is 11.0. The predicted molar refractivity (Wildman–Crippen MR) is 63.9 cm³/mol. The summed E-state index contributed by atoms with van der Waals surface area (Å²) in [6.07, 6.45) is 4.15. The van der Waals surface area contributed by atoms with Crippen molar-refractivity contribution in [3.63, 3.8) is 0 Å². The molecule has 1 aliphatic carbocycles. The number of hydrogen-bond acceptors (Lipinski definition) is 1. The lowest BCUT2D eigenvalue weighted by molar-refractivity contribution is -0.0327. The van der Waals surface area contributed by atoms with Crippen molar-refractivity contribution >= 4 is 23.4 Å². The van der Waals surface area contributed by atoms with Gasteiger partial charge in [-0.05, 0) is 24.7 Å². The number of alkyl halides is 4. The van der Waals surface area contributed by atoms with Gasteiger partial charge in [0.1, 0.15) is 0 Å². The summed E-state index contributed by atoms with van der Waals surface area (Å²) in [5.74, 6) is 0.0923. The average Bonchev–Trinajstić information content (AvgIpc) is 1.96. The Morgan fingerprint density at radius 3 is 2.62 bits per heavy atom. The van der Waals surface area contributed by atoms with E-state index in [9.17, 15) is 13.2 Å². The molecular weight excluding hydrogens is 257 g/mol. The minimum Gasteiger partial charge on any atom is -0.160 e. The second kappa shape index (κ2) is 5.21. The van der Waals surface area contributed by atoms with Gasteiger partial charge in [-0.2, -0.15) is 13.2 Å². The lowest BCUT2D eigenvalue weighted by atomic mass is 9.76. The van der Waals surface area contributed by atoms with E-state index < -0.39 is 5.51 Å². The van der Waals surface area contributed by atoms with Crippen molar-refractivity contribution in [1.82, 2.24) is 0 Å². The molecule has 0 aromatic heterocycles. The molecular formula is C11H16ClF3S. The largest absolute Gasteiger partial charge is 0.441 e. The van der Waals surface area contributed by atoms with Crippen molar-refractivity contribution in [3.05, 3.63) is 11.6 Å². The summed E-state index contributed by atoms with van der Waals surface area (Å²) in [5.41, 5.74) is -2.95. The predicted octanol–water partition coefficient (Wildman–Crippen LogP) is 4.98. The van der Waals surface area contributed by atoms with Crippen LogP contribution in [0.1, 0.15) is 33.1 Å². The molecule has 0 fully saturated rings. The van der Waals surface area contributed by atoms with Crippen LogP contribution >= 0.6 is 23.4 Å². The van der Waals surface area contributed by atoms with E-state index in [1.807, 2.05) is 6.08 Å². The lowest BCUT2D eigenvalue weighted by Gasteiger charge is -2.32. The van der Waals surface area contributed by atoms with Crippen LogP contribution in [0.2, 0.25) is 0 Å². The standard InChI is InChI=1S/C11H16ClF3S/c1-10(2)6-8(5-9(12)7-10)3-4-16-11(13,14)15/h5,9H,3-4,6-7H2,1-2H3. The fraction of sp³-hybridized carbons (Fsp3) is 0.818. The third-order valence-corrected chi connectivity index (χ3v) is 3.57. The van der Waals surface area contributed by atoms with Crippen LogP contribution in [0.15, 0.2) is 11.6 Å². The van der Waals surface area contributed by atoms with Crippen molar-refractivity contribution in [2.24, 2.45) is 5.41 Å². The Kier molecular flexibility index (Phi) is 4.64. The number of thioether (sulfide) groups is 1. The zero-order chi connectivity index (χ0) is 12.4. The first kappa shape index (κ1) is 14.2. The molecule has 94 valence electrons. The van der Waals surface area contributed by atoms with Gasteiger partial charge in [-0.15, -0.1) is 11.6 Å². The Hall–Kier alpha value is 0.170.